The third-order valence-corrected chi connectivity index (χ3v) is 5.46. The van der Waals surface area contributed by atoms with Gasteiger partial charge >= 0.3 is 0 Å². The number of carbonyl (C=O) groups excluding carboxylic acids is 2. The Balaban J connectivity index is 2.99. The van der Waals surface area contributed by atoms with E-state index in [4.69, 9.17) is 34.8 Å². The maximum absolute atomic E-state index is 12.5. The molecule has 0 radical (unpaired) electrons. The molecule has 0 saturated carbocycles. The number of benzene rings is 1. The highest BCUT2D eigenvalue weighted by Gasteiger charge is 2.59. The Labute approximate surface area is 130 Å². The number of aromatic hydroxyl groups is 2. The molecule has 2 atom stereocenters. The van der Waals surface area contributed by atoms with Crippen molar-refractivity contribution in [1.29, 1.82) is 0 Å². The van der Waals surface area contributed by atoms with Gasteiger partial charge in [-0.05, 0) is 20.8 Å². The maximum Gasteiger partial charge on any atom is 0.190 e. The van der Waals surface area contributed by atoms with Crippen molar-refractivity contribution in [2.24, 2.45) is 0 Å². The van der Waals surface area contributed by atoms with Gasteiger partial charge in [0.15, 0.2) is 11.6 Å². The van der Waals surface area contributed by atoms with Crippen LogP contribution in [0.4, 0.5) is 0 Å². The summed E-state index contributed by atoms with van der Waals surface area (Å²) in [7, 11) is 0. The van der Waals surface area contributed by atoms with E-state index in [-0.39, 0.29) is 16.1 Å². The van der Waals surface area contributed by atoms with Crippen LogP contribution in [0.25, 0.3) is 0 Å². The molecule has 2 rings (SSSR count). The van der Waals surface area contributed by atoms with Gasteiger partial charge in [0.05, 0.1) is 16.1 Å². The van der Waals surface area contributed by atoms with Gasteiger partial charge in [-0.15, -0.1) is 23.2 Å². The molecule has 2 N–H and O–H groups in total. The largest absolute Gasteiger partial charge is 0.507 e. The second-order valence-corrected chi connectivity index (χ2v) is 6.94. The fraction of sp³-hybridized carbons (Fsp3) is 0.385. The molecule has 7 heteroatoms. The second kappa shape index (κ2) is 4.26. The molecule has 20 heavy (non-hydrogen) atoms. The van der Waals surface area contributed by atoms with Crippen LogP contribution in [0.1, 0.15) is 40.1 Å². The molecular weight excluding hydrogens is 326 g/mol. The summed E-state index contributed by atoms with van der Waals surface area (Å²) < 4.78 is 0. The van der Waals surface area contributed by atoms with E-state index in [0.29, 0.717) is 0 Å². The first kappa shape index (κ1) is 15.4. The Morgan fingerprint density at radius 2 is 1.25 bits per heavy atom. The smallest absolute Gasteiger partial charge is 0.190 e. The maximum atomic E-state index is 12.5. The van der Waals surface area contributed by atoms with E-state index >= 15 is 0 Å². The van der Waals surface area contributed by atoms with Gasteiger partial charge in [0.1, 0.15) is 21.2 Å². The number of phenols is 2. The van der Waals surface area contributed by atoms with E-state index in [1.807, 2.05) is 0 Å². The SMILES string of the molecule is Cc1c(O)c2c(c(O)c1Cl)C(=O)C(C)(Cl)C(C)(Cl)C2=O. The van der Waals surface area contributed by atoms with E-state index in [2.05, 4.69) is 0 Å². The number of hydrogen-bond acceptors (Lipinski definition) is 4. The zero-order chi connectivity index (χ0) is 15.6. The summed E-state index contributed by atoms with van der Waals surface area (Å²) in [5, 5.41) is 19.9. The number of Topliss-reactive ketones (excluding diaryl/α,β-unsaturated/α-hetero) is 2. The Morgan fingerprint density at radius 1 is 0.900 bits per heavy atom. The quantitative estimate of drug-likeness (QED) is 0.562. The van der Waals surface area contributed by atoms with Gasteiger partial charge in [-0.1, -0.05) is 11.6 Å². The molecule has 108 valence electrons. The van der Waals surface area contributed by atoms with Gasteiger partial charge in [0.2, 0.25) is 0 Å². The number of alkyl halides is 2. The molecule has 1 aliphatic rings. The summed E-state index contributed by atoms with van der Waals surface area (Å²) in [5.41, 5.74) is -0.640. The van der Waals surface area contributed by atoms with Crippen molar-refractivity contribution in [3.8, 4) is 11.5 Å². The van der Waals surface area contributed by atoms with Crippen LogP contribution in [0, 0.1) is 6.92 Å². The van der Waals surface area contributed by atoms with E-state index in [9.17, 15) is 19.8 Å². The highest BCUT2D eigenvalue weighted by Crippen LogP contribution is 2.51. The lowest BCUT2D eigenvalue weighted by molar-refractivity contribution is 0.0803. The summed E-state index contributed by atoms with van der Waals surface area (Å²) in [6.45, 7) is 4.00. The fourth-order valence-electron chi connectivity index (χ4n) is 2.15. The predicted octanol–water partition coefficient (Wildman–Crippen LogP) is 3.43. The minimum absolute atomic E-state index is 0.0923. The molecule has 0 fully saturated rings. The van der Waals surface area contributed by atoms with Gasteiger partial charge in [-0.2, -0.15) is 0 Å². The van der Waals surface area contributed by atoms with Crippen LogP contribution < -0.4 is 0 Å². The molecule has 0 spiro atoms. The van der Waals surface area contributed by atoms with Gasteiger partial charge in [0, 0.05) is 5.56 Å². The van der Waals surface area contributed by atoms with Gasteiger partial charge in [-0.25, -0.2) is 0 Å². The first-order valence-electron chi connectivity index (χ1n) is 5.67. The molecule has 2 unspecified atom stereocenters. The van der Waals surface area contributed by atoms with Crippen LogP contribution in [0.2, 0.25) is 5.02 Å². The van der Waals surface area contributed by atoms with Crippen molar-refractivity contribution in [3.63, 3.8) is 0 Å². The Kier molecular flexibility index (Phi) is 3.29. The van der Waals surface area contributed by atoms with Crippen molar-refractivity contribution in [3.05, 3.63) is 21.7 Å². The van der Waals surface area contributed by atoms with Gasteiger partial charge < -0.3 is 10.2 Å². The van der Waals surface area contributed by atoms with Crippen LogP contribution in [-0.2, 0) is 0 Å². The van der Waals surface area contributed by atoms with E-state index < -0.39 is 38.4 Å². The molecule has 0 saturated heterocycles. The first-order chi connectivity index (χ1) is 8.96. The monoisotopic (exact) mass is 336 g/mol. The molecule has 0 aromatic heterocycles. The molecular formula is C13H11Cl3O4. The Bertz CT molecular complexity index is 605. The number of hydrogen-bond donors (Lipinski definition) is 2. The van der Waals surface area contributed by atoms with Crippen LogP contribution in [0.5, 0.6) is 11.5 Å². The normalized spacial score (nSPS) is 29.5. The van der Waals surface area contributed by atoms with Crippen molar-refractivity contribution in [1.82, 2.24) is 0 Å². The van der Waals surface area contributed by atoms with Crippen molar-refractivity contribution in [2.75, 3.05) is 0 Å². The molecule has 0 bridgehead atoms. The summed E-state index contributed by atoms with van der Waals surface area (Å²) >= 11 is 18.1. The lowest BCUT2D eigenvalue weighted by Gasteiger charge is -2.39. The van der Waals surface area contributed by atoms with E-state index in [1.165, 1.54) is 20.8 Å². The zero-order valence-electron chi connectivity index (χ0n) is 10.8. The lowest BCUT2D eigenvalue weighted by atomic mass is 9.73. The summed E-state index contributed by atoms with van der Waals surface area (Å²) in [6, 6.07) is 0. The minimum atomic E-state index is -1.76. The topological polar surface area (TPSA) is 74.6 Å². The van der Waals surface area contributed by atoms with Crippen molar-refractivity contribution < 1.29 is 19.8 Å². The standard InChI is InChI=1S/C13H11Cl3O4/c1-4-7(14)9(18)6-5(8(4)17)10(19)12(2,15)13(3,16)11(6)20/h17-18H,1-3H3. The van der Waals surface area contributed by atoms with Gasteiger partial charge in [-0.3, -0.25) is 9.59 Å². The second-order valence-electron chi connectivity index (χ2n) is 5.05. The van der Waals surface area contributed by atoms with Crippen molar-refractivity contribution in [2.45, 2.75) is 30.5 Å². The summed E-state index contributed by atoms with van der Waals surface area (Å²) in [4.78, 5) is 21.4. The predicted molar refractivity (Wildman–Crippen MR) is 76.7 cm³/mol. The molecule has 0 heterocycles. The zero-order valence-corrected chi connectivity index (χ0v) is 13.1. The third kappa shape index (κ3) is 1.62. The van der Waals surface area contributed by atoms with Crippen LogP contribution in [-0.4, -0.2) is 31.5 Å². The highest BCUT2D eigenvalue weighted by atomic mass is 35.5. The average molecular weight is 338 g/mol. The third-order valence-electron chi connectivity index (χ3n) is 3.80. The van der Waals surface area contributed by atoms with Crippen LogP contribution >= 0.6 is 34.8 Å². The van der Waals surface area contributed by atoms with Crippen LogP contribution in [0.15, 0.2) is 0 Å². The molecule has 1 aromatic rings. The van der Waals surface area contributed by atoms with E-state index in [1.54, 1.807) is 0 Å². The van der Waals surface area contributed by atoms with E-state index in [0.717, 1.165) is 0 Å². The molecule has 0 aliphatic heterocycles. The first-order valence-corrected chi connectivity index (χ1v) is 6.81. The molecule has 4 nitrogen and oxygen atoms in total. The summed E-state index contributed by atoms with van der Waals surface area (Å²) in [6.07, 6.45) is 0. The summed E-state index contributed by atoms with van der Waals surface area (Å²) in [5.74, 6) is -2.55. The lowest BCUT2D eigenvalue weighted by Crippen LogP contribution is -2.56. The van der Waals surface area contributed by atoms with Gasteiger partial charge in [0.25, 0.3) is 0 Å². The number of halogens is 3. The highest BCUT2D eigenvalue weighted by molar-refractivity contribution is 6.54. The van der Waals surface area contributed by atoms with Crippen molar-refractivity contribution >= 4 is 46.4 Å². The van der Waals surface area contributed by atoms with Crippen LogP contribution in [0.3, 0.4) is 0 Å². The molecule has 0 amide bonds. The fourth-order valence-corrected chi connectivity index (χ4v) is 2.70. The average Bonchev–Trinajstić information content (AvgIpc) is 2.37. The molecule has 1 aliphatic carbocycles. The number of carbonyl (C=O) groups is 2. The number of rotatable bonds is 0. The minimum Gasteiger partial charge on any atom is -0.507 e. The number of fused-ring (bicyclic) bond motifs is 1. The Morgan fingerprint density at radius 3 is 1.65 bits per heavy atom. The number of phenolic OH excluding ortho intramolecular Hbond substituents is 2. The number of ketones is 2. The Hall–Kier alpha value is -0.970. The molecule has 1 aromatic carbocycles.